The Morgan fingerprint density at radius 2 is 1.70 bits per heavy atom. The Morgan fingerprint density at radius 1 is 0.879 bits per heavy atom. The third-order valence-electron chi connectivity index (χ3n) is 5.18. The van der Waals surface area contributed by atoms with Crippen molar-refractivity contribution in [2.45, 2.75) is 0 Å². The summed E-state index contributed by atoms with van der Waals surface area (Å²) in [4.78, 5) is 12.2. The molecule has 0 amide bonds. The molecule has 2 heterocycles. The van der Waals surface area contributed by atoms with Gasteiger partial charge in [-0.25, -0.2) is 9.97 Å². The average Bonchev–Trinajstić information content (AvgIpc) is 3.15. The third kappa shape index (κ3) is 3.81. The van der Waals surface area contributed by atoms with Gasteiger partial charge in [-0.1, -0.05) is 23.7 Å². The Labute approximate surface area is 193 Å². The van der Waals surface area contributed by atoms with Crippen molar-refractivity contribution in [2.75, 3.05) is 14.2 Å². The lowest BCUT2D eigenvalue weighted by Gasteiger charge is -2.10. The largest absolute Gasteiger partial charge is 0.493 e. The molecule has 33 heavy (non-hydrogen) atoms. The number of hydrogen-bond acceptors (Lipinski definition) is 7. The number of para-hydroxylation sites is 1. The molecule has 2 N–H and O–H groups in total. The van der Waals surface area contributed by atoms with Crippen LogP contribution in [0.25, 0.3) is 33.2 Å². The fourth-order valence-corrected chi connectivity index (χ4v) is 3.75. The van der Waals surface area contributed by atoms with Gasteiger partial charge in [0.2, 0.25) is 5.88 Å². The Balaban J connectivity index is 1.65. The Morgan fingerprint density at radius 3 is 2.52 bits per heavy atom. The number of halogens is 1. The maximum Gasteiger partial charge on any atom is 0.218 e. The van der Waals surface area contributed by atoms with Crippen molar-refractivity contribution in [1.29, 1.82) is 0 Å². The van der Waals surface area contributed by atoms with Gasteiger partial charge >= 0.3 is 0 Å². The summed E-state index contributed by atoms with van der Waals surface area (Å²) in [5.41, 5.74) is 2.42. The number of nitrogens with zero attached hydrogens (tertiary/aromatic N) is 4. The number of nitrogens with one attached hydrogen (secondary N) is 1. The van der Waals surface area contributed by atoms with E-state index in [4.69, 9.17) is 21.1 Å². The minimum absolute atomic E-state index is 0.102. The first-order valence-electron chi connectivity index (χ1n) is 9.98. The van der Waals surface area contributed by atoms with Gasteiger partial charge in [0.25, 0.3) is 0 Å². The summed E-state index contributed by atoms with van der Waals surface area (Å²) in [5.74, 6) is 1.89. The van der Waals surface area contributed by atoms with Gasteiger partial charge in [-0.15, -0.1) is 10.2 Å². The molecule has 0 radical (unpaired) electrons. The van der Waals surface area contributed by atoms with Crippen molar-refractivity contribution in [3.8, 4) is 28.8 Å². The van der Waals surface area contributed by atoms with Crippen molar-refractivity contribution in [3.05, 3.63) is 65.7 Å². The number of aromatic amines is 1. The topological polar surface area (TPSA) is 105 Å². The summed E-state index contributed by atoms with van der Waals surface area (Å²) in [6, 6.07) is 18.2. The molecule has 0 fully saturated rings. The Hall–Kier alpha value is -4.17. The van der Waals surface area contributed by atoms with Gasteiger partial charge in [-0.05, 0) is 48.5 Å². The molecule has 3 aromatic carbocycles. The zero-order valence-electron chi connectivity index (χ0n) is 17.7. The minimum Gasteiger partial charge on any atom is -0.493 e. The molecular weight excluding hydrogens is 442 g/mol. The first kappa shape index (κ1) is 20.7. The van der Waals surface area contributed by atoms with Crippen LogP contribution in [-0.2, 0) is 0 Å². The maximum absolute atomic E-state index is 10.3. The van der Waals surface area contributed by atoms with E-state index < -0.39 is 0 Å². The smallest absolute Gasteiger partial charge is 0.218 e. The first-order chi connectivity index (χ1) is 16.1. The second-order valence-corrected chi connectivity index (χ2v) is 7.61. The SMILES string of the molecule is COc1ccc(-c2nc(N=Nc3c(O)[nH]c4ccc(Cl)cc34)c3ccccc3n2)cc1OC. The molecule has 2 aromatic heterocycles. The molecule has 0 unspecified atom stereocenters. The van der Waals surface area contributed by atoms with Crippen LogP contribution in [0.15, 0.2) is 70.9 Å². The van der Waals surface area contributed by atoms with E-state index in [1.165, 1.54) is 0 Å². The van der Waals surface area contributed by atoms with Crippen molar-refractivity contribution in [3.63, 3.8) is 0 Å². The predicted octanol–water partition coefficient (Wildman–Crippen LogP) is 6.57. The van der Waals surface area contributed by atoms with Gasteiger partial charge in [0.15, 0.2) is 28.8 Å². The maximum atomic E-state index is 10.3. The van der Waals surface area contributed by atoms with E-state index in [-0.39, 0.29) is 11.6 Å². The molecule has 0 bridgehead atoms. The number of fused-ring (bicyclic) bond motifs is 2. The van der Waals surface area contributed by atoms with Crippen LogP contribution in [0.1, 0.15) is 0 Å². The fraction of sp³-hybridized carbons (Fsp3) is 0.0833. The Bertz CT molecular complexity index is 1530. The molecule has 0 saturated heterocycles. The van der Waals surface area contributed by atoms with Gasteiger partial charge in [0.1, 0.15) is 0 Å². The van der Waals surface area contributed by atoms with Crippen LogP contribution in [0.4, 0.5) is 11.5 Å². The van der Waals surface area contributed by atoms with E-state index in [2.05, 4.69) is 25.2 Å². The third-order valence-corrected chi connectivity index (χ3v) is 5.42. The van der Waals surface area contributed by atoms with Gasteiger partial charge in [0, 0.05) is 21.4 Å². The second kappa shape index (κ2) is 8.40. The molecule has 164 valence electrons. The lowest BCUT2D eigenvalue weighted by atomic mass is 10.1. The summed E-state index contributed by atoms with van der Waals surface area (Å²) >= 11 is 6.12. The Kier molecular flexibility index (Phi) is 5.27. The summed E-state index contributed by atoms with van der Waals surface area (Å²) < 4.78 is 10.7. The summed E-state index contributed by atoms with van der Waals surface area (Å²) in [7, 11) is 3.15. The number of methoxy groups -OCH3 is 2. The number of H-pyrrole nitrogens is 1. The molecule has 5 rings (SSSR count). The molecule has 0 atom stereocenters. The molecule has 9 heteroatoms. The van der Waals surface area contributed by atoms with Crippen LogP contribution < -0.4 is 9.47 Å². The minimum atomic E-state index is -0.102. The first-order valence-corrected chi connectivity index (χ1v) is 10.4. The van der Waals surface area contributed by atoms with E-state index in [9.17, 15) is 5.11 Å². The highest BCUT2D eigenvalue weighted by molar-refractivity contribution is 6.31. The number of ether oxygens (including phenoxy) is 2. The van der Waals surface area contributed by atoms with E-state index in [1.54, 1.807) is 44.6 Å². The zero-order chi connectivity index (χ0) is 22.9. The van der Waals surface area contributed by atoms with Gasteiger partial charge < -0.3 is 19.6 Å². The summed E-state index contributed by atoms with van der Waals surface area (Å²) in [5, 5.41) is 20.9. The van der Waals surface area contributed by atoms with Crippen LogP contribution in [0.2, 0.25) is 5.02 Å². The number of hydrogen-bond donors (Lipinski definition) is 2. The van der Waals surface area contributed by atoms with Crippen molar-refractivity contribution in [1.82, 2.24) is 15.0 Å². The van der Waals surface area contributed by atoms with Crippen LogP contribution in [0.5, 0.6) is 17.4 Å². The van der Waals surface area contributed by atoms with Gasteiger partial charge in [0.05, 0.1) is 25.3 Å². The lowest BCUT2D eigenvalue weighted by molar-refractivity contribution is 0.355. The molecule has 8 nitrogen and oxygen atoms in total. The van der Waals surface area contributed by atoms with Gasteiger partial charge in [-0.2, -0.15) is 0 Å². The quantitative estimate of drug-likeness (QED) is 0.289. The molecular formula is C24H18ClN5O3. The zero-order valence-corrected chi connectivity index (χ0v) is 18.5. The molecule has 0 spiro atoms. The van der Waals surface area contributed by atoms with E-state index in [0.29, 0.717) is 44.6 Å². The van der Waals surface area contributed by atoms with E-state index in [0.717, 1.165) is 10.9 Å². The monoisotopic (exact) mass is 459 g/mol. The highest BCUT2D eigenvalue weighted by atomic mass is 35.5. The molecule has 0 aliphatic rings. The number of aromatic nitrogens is 3. The lowest BCUT2D eigenvalue weighted by Crippen LogP contribution is -1.94. The normalized spacial score (nSPS) is 11.5. The number of aromatic hydroxyl groups is 1. The van der Waals surface area contributed by atoms with Gasteiger partial charge in [-0.3, -0.25) is 0 Å². The van der Waals surface area contributed by atoms with Crippen molar-refractivity contribution >= 4 is 44.9 Å². The molecule has 0 saturated carbocycles. The summed E-state index contributed by atoms with van der Waals surface area (Å²) in [6.45, 7) is 0. The number of rotatable bonds is 5. The standard InChI is InChI=1S/C24H18ClN5O3/c1-32-19-10-7-13(11-20(19)33-2)22-26-17-6-4-3-5-15(17)23(28-22)30-29-21-16-12-14(25)8-9-18(16)27-24(21)31/h3-12,27,31H,1-2H3. The summed E-state index contributed by atoms with van der Waals surface area (Å²) in [6.07, 6.45) is 0. The highest BCUT2D eigenvalue weighted by Crippen LogP contribution is 2.38. The van der Waals surface area contributed by atoms with E-state index in [1.807, 2.05) is 30.3 Å². The fourth-order valence-electron chi connectivity index (χ4n) is 3.57. The molecule has 5 aromatic rings. The highest BCUT2D eigenvalue weighted by Gasteiger charge is 2.14. The van der Waals surface area contributed by atoms with Crippen LogP contribution in [-0.4, -0.2) is 34.3 Å². The number of benzene rings is 3. The van der Waals surface area contributed by atoms with Crippen molar-refractivity contribution in [2.24, 2.45) is 10.2 Å². The molecule has 0 aliphatic carbocycles. The number of azo groups is 1. The molecule has 0 aliphatic heterocycles. The van der Waals surface area contributed by atoms with Crippen LogP contribution in [0.3, 0.4) is 0 Å². The average molecular weight is 460 g/mol. The van der Waals surface area contributed by atoms with Crippen molar-refractivity contribution < 1.29 is 14.6 Å². The van der Waals surface area contributed by atoms with Crippen LogP contribution in [0, 0.1) is 0 Å². The van der Waals surface area contributed by atoms with E-state index >= 15 is 0 Å². The predicted molar refractivity (Wildman–Crippen MR) is 127 cm³/mol. The second-order valence-electron chi connectivity index (χ2n) is 7.17. The van der Waals surface area contributed by atoms with Crippen LogP contribution >= 0.6 is 11.6 Å².